The van der Waals surface area contributed by atoms with Gasteiger partial charge in [-0.1, -0.05) is 36.6 Å². The van der Waals surface area contributed by atoms with Crippen LogP contribution in [0.1, 0.15) is 0 Å². The van der Waals surface area contributed by atoms with Gasteiger partial charge in [0.25, 0.3) is 0 Å². The molecule has 1 aromatic heterocycles. The highest BCUT2D eigenvalue weighted by Gasteiger charge is 2.29. The Hall–Kier alpha value is -0.228. The van der Waals surface area contributed by atoms with Crippen molar-refractivity contribution in [3.8, 4) is 0 Å². The normalized spacial score (nSPS) is 13.4. The van der Waals surface area contributed by atoms with Crippen LogP contribution in [-0.4, -0.2) is 15.1 Å². The Kier molecular flexibility index (Phi) is 2.64. The van der Waals surface area contributed by atoms with Gasteiger partial charge in [0.15, 0.2) is 0 Å². The topological polar surface area (TPSA) is 0 Å². The van der Waals surface area contributed by atoms with Crippen molar-refractivity contribution in [2.45, 2.75) is 19.6 Å². The molecule has 0 nitrogen and oxygen atoms in total. The second-order valence-electron chi connectivity index (χ2n) is 4.03. The Morgan fingerprint density at radius 3 is 1.92 bits per heavy atom. The van der Waals surface area contributed by atoms with Crippen LogP contribution in [0.3, 0.4) is 0 Å². The molecule has 1 aromatic rings. The van der Waals surface area contributed by atoms with Crippen LogP contribution in [-0.2, 0) is 0 Å². The van der Waals surface area contributed by atoms with E-state index in [-0.39, 0.29) is 0 Å². The first-order valence-electron chi connectivity index (χ1n) is 4.01. The third-order valence-electron chi connectivity index (χ3n) is 1.69. The summed E-state index contributed by atoms with van der Waals surface area (Å²) >= 11 is 0.911. The predicted molar refractivity (Wildman–Crippen MR) is 56.0 cm³/mol. The van der Waals surface area contributed by atoms with E-state index in [1.165, 1.54) is 6.07 Å². The van der Waals surface area contributed by atoms with E-state index in [9.17, 15) is 12.9 Å². The molecule has 0 bridgehead atoms. The van der Waals surface area contributed by atoms with Crippen molar-refractivity contribution in [1.82, 2.24) is 0 Å². The van der Waals surface area contributed by atoms with Crippen LogP contribution in [0.15, 0.2) is 12.1 Å². The van der Waals surface area contributed by atoms with Gasteiger partial charge < -0.3 is 12.9 Å². The maximum atomic E-state index is 12.3. The Balaban J connectivity index is 3.01. The van der Waals surface area contributed by atoms with Crippen LogP contribution in [0.5, 0.6) is 0 Å². The maximum Gasteiger partial charge on any atom is 0.519 e. The Bertz CT molecular complexity index is 271. The quantitative estimate of drug-likeness (QED) is 0.675. The SMILES string of the molecule is C[Si](C)(C)c1ccc([B-](F)(F)F)s1. The molecule has 74 valence electrons. The molecule has 6 heteroatoms. The van der Waals surface area contributed by atoms with Crippen LogP contribution in [0.25, 0.3) is 0 Å². The molecule has 0 aromatic carbocycles. The van der Waals surface area contributed by atoms with Crippen molar-refractivity contribution in [1.29, 1.82) is 0 Å². The van der Waals surface area contributed by atoms with E-state index in [0.29, 0.717) is 0 Å². The number of rotatable bonds is 2. The summed E-state index contributed by atoms with van der Waals surface area (Å²) in [4.78, 5) is 0. The summed E-state index contributed by atoms with van der Waals surface area (Å²) in [6.07, 6.45) is 0. The molecule has 1 rings (SSSR count). The lowest BCUT2D eigenvalue weighted by atomic mass is 9.90. The molecule has 0 saturated carbocycles. The van der Waals surface area contributed by atoms with Crippen molar-refractivity contribution in [3.05, 3.63) is 12.1 Å². The molecule has 0 aliphatic rings. The molecule has 0 atom stereocenters. The molecule has 0 N–H and O–H groups in total. The molecule has 0 amide bonds. The molecule has 0 saturated heterocycles. The van der Waals surface area contributed by atoms with Crippen molar-refractivity contribution >= 4 is 35.7 Å². The predicted octanol–water partition coefficient (Wildman–Crippen LogP) is 2.35. The minimum Gasteiger partial charge on any atom is -0.444 e. The number of thiophene rings is 1. The van der Waals surface area contributed by atoms with E-state index < -0.39 is 19.8 Å². The standard InChI is InChI=1S/C7H11BF3SSi/c1-13(2,3)7-5-4-6(12-7)8(9,10)11/h4-5H,1-3H3/q-1. The number of halogens is 3. The minimum absolute atomic E-state index is 0.419. The zero-order chi connectivity index (χ0) is 10.3. The summed E-state index contributed by atoms with van der Waals surface area (Å²) in [7, 11) is -1.56. The monoisotopic (exact) mass is 223 g/mol. The summed E-state index contributed by atoms with van der Waals surface area (Å²) < 4.78 is 37.3. The average Bonchev–Trinajstić information content (AvgIpc) is 2.28. The second kappa shape index (κ2) is 3.17. The average molecular weight is 223 g/mol. The first-order chi connectivity index (χ1) is 5.71. The fourth-order valence-electron chi connectivity index (χ4n) is 0.932. The highest BCUT2D eigenvalue weighted by Crippen LogP contribution is 2.14. The summed E-state index contributed by atoms with van der Waals surface area (Å²) in [5.41, 5.74) is 0. The Labute approximate surface area is 80.9 Å². The zero-order valence-electron chi connectivity index (χ0n) is 7.77. The number of hydrogen-bond acceptors (Lipinski definition) is 1. The molecular formula is C7H11BF3SSi-. The fourth-order valence-corrected chi connectivity index (χ4v) is 3.75. The molecule has 0 spiro atoms. The molecule has 1 heterocycles. The zero-order valence-corrected chi connectivity index (χ0v) is 9.59. The van der Waals surface area contributed by atoms with Gasteiger partial charge in [-0.3, -0.25) is 0 Å². The fraction of sp³-hybridized carbons (Fsp3) is 0.429. The van der Waals surface area contributed by atoms with E-state index in [1.54, 1.807) is 6.07 Å². The second-order valence-corrected chi connectivity index (χ2v) is 10.5. The molecule has 0 unspecified atom stereocenters. The largest absolute Gasteiger partial charge is 0.519 e. The molecular weight excluding hydrogens is 212 g/mol. The van der Waals surface area contributed by atoms with Gasteiger partial charge in [0, 0.05) is 0 Å². The van der Waals surface area contributed by atoms with Crippen molar-refractivity contribution in [3.63, 3.8) is 0 Å². The first kappa shape index (κ1) is 10.9. The minimum atomic E-state index is -4.80. The van der Waals surface area contributed by atoms with Gasteiger partial charge >= 0.3 is 6.98 Å². The van der Waals surface area contributed by atoms with Crippen molar-refractivity contribution < 1.29 is 12.9 Å². The van der Waals surface area contributed by atoms with E-state index in [1.807, 2.05) is 19.6 Å². The first-order valence-corrected chi connectivity index (χ1v) is 8.33. The molecule has 0 radical (unpaired) electrons. The third-order valence-corrected chi connectivity index (χ3v) is 6.47. The highest BCUT2D eigenvalue weighted by molar-refractivity contribution is 7.33. The van der Waals surface area contributed by atoms with E-state index in [2.05, 4.69) is 0 Å². The summed E-state index contributed by atoms with van der Waals surface area (Å²) in [6, 6.07) is 2.83. The van der Waals surface area contributed by atoms with Crippen LogP contribution in [0.4, 0.5) is 12.9 Å². The van der Waals surface area contributed by atoms with Crippen molar-refractivity contribution in [2.24, 2.45) is 0 Å². The van der Waals surface area contributed by atoms with Crippen molar-refractivity contribution in [2.75, 3.05) is 0 Å². The maximum absolute atomic E-state index is 12.3. The number of hydrogen-bond donors (Lipinski definition) is 0. The molecule has 0 aliphatic heterocycles. The van der Waals surface area contributed by atoms with Gasteiger partial charge in [-0.2, -0.15) is 11.3 Å². The van der Waals surface area contributed by atoms with E-state index in [4.69, 9.17) is 0 Å². The van der Waals surface area contributed by atoms with Gasteiger partial charge in [-0.05, 0) is 4.50 Å². The van der Waals surface area contributed by atoms with Crippen LogP contribution in [0, 0.1) is 0 Å². The summed E-state index contributed by atoms with van der Waals surface area (Å²) in [5, 5.41) is 0. The van der Waals surface area contributed by atoms with Gasteiger partial charge in [0.1, 0.15) is 0 Å². The van der Waals surface area contributed by atoms with Crippen LogP contribution < -0.4 is 9.28 Å². The van der Waals surface area contributed by atoms with Gasteiger partial charge in [0.05, 0.1) is 8.07 Å². The van der Waals surface area contributed by atoms with Gasteiger partial charge in [-0.15, -0.1) is 0 Å². The molecule has 13 heavy (non-hydrogen) atoms. The summed E-state index contributed by atoms with van der Waals surface area (Å²) in [6.45, 7) is 1.35. The lowest BCUT2D eigenvalue weighted by molar-refractivity contribution is 0.503. The van der Waals surface area contributed by atoms with Crippen LogP contribution in [0.2, 0.25) is 19.6 Å². The third kappa shape index (κ3) is 2.61. The van der Waals surface area contributed by atoms with Gasteiger partial charge in [0.2, 0.25) is 0 Å². The highest BCUT2D eigenvalue weighted by atomic mass is 32.1. The van der Waals surface area contributed by atoms with E-state index >= 15 is 0 Å². The van der Waals surface area contributed by atoms with E-state index in [0.717, 1.165) is 15.8 Å². The lowest BCUT2D eigenvalue weighted by Crippen LogP contribution is -2.36. The molecule has 0 fully saturated rings. The smallest absolute Gasteiger partial charge is 0.444 e. The van der Waals surface area contributed by atoms with Crippen LogP contribution >= 0.6 is 11.3 Å². The van der Waals surface area contributed by atoms with Gasteiger partial charge in [-0.25, -0.2) is 0 Å². The molecule has 0 aliphatic carbocycles. The lowest BCUT2D eigenvalue weighted by Gasteiger charge is -2.14. The Morgan fingerprint density at radius 2 is 1.69 bits per heavy atom. The summed E-state index contributed by atoms with van der Waals surface area (Å²) in [5.74, 6) is 0. The Morgan fingerprint density at radius 1 is 1.15 bits per heavy atom.